The van der Waals surface area contributed by atoms with Crippen molar-refractivity contribution >= 4 is 11.9 Å². The van der Waals surface area contributed by atoms with Gasteiger partial charge in [-0.3, -0.25) is 9.59 Å². The SMILES string of the molecule is CC(Oc1cccc(F)c1)C(=O)NC(CC(=O)O)C(C)C. The average Bonchev–Trinajstić information content (AvgIpc) is 2.37. The Morgan fingerprint density at radius 2 is 2.00 bits per heavy atom. The summed E-state index contributed by atoms with van der Waals surface area (Å²) in [5.74, 6) is -1.64. The van der Waals surface area contributed by atoms with Gasteiger partial charge in [0.2, 0.25) is 0 Å². The normalized spacial score (nSPS) is 13.6. The number of carbonyl (C=O) groups excluding carboxylic acids is 1. The molecule has 0 saturated carbocycles. The van der Waals surface area contributed by atoms with E-state index in [4.69, 9.17) is 9.84 Å². The molecule has 21 heavy (non-hydrogen) atoms. The molecule has 0 aliphatic rings. The van der Waals surface area contributed by atoms with Crippen LogP contribution in [-0.4, -0.2) is 29.1 Å². The van der Waals surface area contributed by atoms with E-state index in [2.05, 4.69) is 5.32 Å². The van der Waals surface area contributed by atoms with Crippen LogP contribution in [0.3, 0.4) is 0 Å². The Balaban J connectivity index is 2.62. The maximum atomic E-state index is 13.0. The Bertz CT molecular complexity index is 504. The van der Waals surface area contributed by atoms with Gasteiger partial charge in [-0.1, -0.05) is 19.9 Å². The number of carbonyl (C=O) groups is 2. The molecule has 2 atom stereocenters. The average molecular weight is 297 g/mol. The number of carboxylic acid groups (broad SMARTS) is 1. The van der Waals surface area contributed by atoms with Crippen molar-refractivity contribution < 1.29 is 23.8 Å². The van der Waals surface area contributed by atoms with Gasteiger partial charge >= 0.3 is 5.97 Å². The Morgan fingerprint density at radius 1 is 1.33 bits per heavy atom. The van der Waals surface area contributed by atoms with E-state index >= 15 is 0 Å². The van der Waals surface area contributed by atoms with Gasteiger partial charge in [-0.25, -0.2) is 4.39 Å². The molecule has 0 heterocycles. The van der Waals surface area contributed by atoms with Gasteiger partial charge in [0.1, 0.15) is 11.6 Å². The Labute approximate surface area is 123 Å². The van der Waals surface area contributed by atoms with Gasteiger partial charge in [-0.05, 0) is 25.0 Å². The van der Waals surface area contributed by atoms with Gasteiger partial charge in [-0.2, -0.15) is 0 Å². The number of hydrogen-bond acceptors (Lipinski definition) is 3. The zero-order chi connectivity index (χ0) is 16.0. The standard InChI is InChI=1S/C15H20FNO4/c1-9(2)13(8-14(18)19)17-15(20)10(3)21-12-6-4-5-11(16)7-12/h4-7,9-10,13H,8H2,1-3H3,(H,17,20)(H,18,19). The fourth-order valence-electron chi connectivity index (χ4n) is 1.74. The fraction of sp³-hybridized carbons (Fsp3) is 0.467. The van der Waals surface area contributed by atoms with Crippen molar-refractivity contribution in [2.75, 3.05) is 0 Å². The van der Waals surface area contributed by atoms with Crippen molar-refractivity contribution in [3.05, 3.63) is 30.1 Å². The number of rotatable bonds is 7. The van der Waals surface area contributed by atoms with Gasteiger partial charge in [0.05, 0.1) is 6.42 Å². The number of benzene rings is 1. The molecule has 2 unspecified atom stereocenters. The molecule has 0 fully saturated rings. The number of carboxylic acids is 1. The molecule has 0 spiro atoms. The number of hydrogen-bond donors (Lipinski definition) is 2. The monoisotopic (exact) mass is 297 g/mol. The number of nitrogens with one attached hydrogen (secondary N) is 1. The van der Waals surface area contributed by atoms with E-state index in [9.17, 15) is 14.0 Å². The van der Waals surface area contributed by atoms with Crippen LogP contribution in [0.2, 0.25) is 0 Å². The van der Waals surface area contributed by atoms with Crippen molar-refractivity contribution in [2.45, 2.75) is 39.3 Å². The minimum Gasteiger partial charge on any atom is -0.481 e. The second-order valence-corrected chi connectivity index (χ2v) is 5.17. The predicted molar refractivity (Wildman–Crippen MR) is 75.5 cm³/mol. The summed E-state index contributed by atoms with van der Waals surface area (Å²) in [6.07, 6.45) is -1.00. The molecule has 116 valence electrons. The maximum Gasteiger partial charge on any atom is 0.305 e. The third-order valence-electron chi connectivity index (χ3n) is 3.01. The van der Waals surface area contributed by atoms with Crippen LogP contribution >= 0.6 is 0 Å². The summed E-state index contributed by atoms with van der Waals surface area (Å²) in [5.41, 5.74) is 0. The summed E-state index contributed by atoms with van der Waals surface area (Å²) in [6.45, 7) is 5.18. The molecular weight excluding hydrogens is 277 g/mol. The molecule has 1 rings (SSSR count). The second-order valence-electron chi connectivity index (χ2n) is 5.17. The predicted octanol–water partition coefficient (Wildman–Crippen LogP) is 2.21. The highest BCUT2D eigenvalue weighted by molar-refractivity contribution is 5.81. The summed E-state index contributed by atoms with van der Waals surface area (Å²) in [7, 11) is 0. The number of ether oxygens (including phenoxy) is 1. The first-order valence-corrected chi connectivity index (χ1v) is 6.74. The van der Waals surface area contributed by atoms with Crippen LogP contribution in [0.15, 0.2) is 24.3 Å². The van der Waals surface area contributed by atoms with E-state index in [1.165, 1.54) is 25.1 Å². The maximum absolute atomic E-state index is 13.0. The van der Waals surface area contributed by atoms with Crippen LogP contribution in [0.1, 0.15) is 27.2 Å². The van der Waals surface area contributed by atoms with E-state index in [-0.39, 0.29) is 18.1 Å². The highest BCUT2D eigenvalue weighted by Gasteiger charge is 2.23. The van der Waals surface area contributed by atoms with Crippen molar-refractivity contribution in [3.63, 3.8) is 0 Å². The first kappa shape index (κ1) is 16.9. The van der Waals surface area contributed by atoms with Crippen LogP contribution in [0.4, 0.5) is 4.39 Å². The van der Waals surface area contributed by atoms with Crippen molar-refractivity contribution in [1.29, 1.82) is 0 Å². The zero-order valence-electron chi connectivity index (χ0n) is 12.3. The topological polar surface area (TPSA) is 75.6 Å². The number of aliphatic carboxylic acids is 1. The molecule has 0 bridgehead atoms. The molecule has 2 N–H and O–H groups in total. The third-order valence-corrected chi connectivity index (χ3v) is 3.01. The van der Waals surface area contributed by atoms with Gasteiger partial charge in [0.25, 0.3) is 5.91 Å². The Kier molecular flexibility index (Phi) is 6.14. The van der Waals surface area contributed by atoms with Crippen LogP contribution in [0.25, 0.3) is 0 Å². The van der Waals surface area contributed by atoms with Crippen LogP contribution in [-0.2, 0) is 9.59 Å². The molecule has 5 nitrogen and oxygen atoms in total. The van der Waals surface area contributed by atoms with Crippen LogP contribution < -0.4 is 10.1 Å². The molecule has 6 heteroatoms. The summed E-state index contributed by atoms with van der Waals surface area (Å²) in [5, 5.41) is 11.5. The molecule has 0 saturated heterocycles. The fourth-order valence-corrected chi connectivity index (χ4v) is 1.74. The van der Waals surface area contributed by atoms with E-state index in [1.807, 2.05) is 13.8 Å². The lowest BCUT2D eigenvalue weighted by Crippen LogP contribution is -2.45. The highest BCUT2D eigenvalue weighted by Crippen LogP contribution is 2.14. The molecule has 1 aromatic carbocycles. The van der Waals surface area contributed by atoms with Crippen molar-refractivity contribution in [3.8, 4) is 5.75 Å². The van der Waals surface area contributed by atoms with Crippen molar-refractivity contribution in [2.24, 2.45) is 5.92 Å². The van der Waals surface area contributed by atoms with E-state index < -0.39 is 29.8 Å². The Morgan fingerprint density at radius 3 is 2.52 bits per heavy atom. The largest absolute Gasteiger partial charge is 0.481 e. The molecule has 1 amide bonds. The van der Waals surface area contributed by atoms with E-state index in [1.54, 1.807) is 6.07 Å². The lowest BCUT2D eigenvalue weighted by Gasteiger charge is -2.23. The minimum absolute atomic E-state index is 0.0218. The van der Waals surface area contributed by atoms with E-state index in [0.29, 0.717) is 0 Å². The summed E-state index contributed by atoms with van der Waals surface area (Å²) < 4.78 is 18.4. The van der Waals surface area contributed by atoms with Gasteiger partial charge in [-0.15, -0.1) is 0 Å². The summed E-state index contributed by atoms with van der Waals surface area (Å²) >= 11 is 0. The molecule has 1 aromatic rings. The van der Waals surface area contributed by atoms with Gasteiger partial charge in [0.15, 0.2) is 6.10 Å². The Hall–Kier alpha value is -2.11. The van der Waals surface area contributed by atoms with Crippen molar-refractivity contribution in [1.82, 2.24) is 5.32 Å². The quantitative estimate of drug-likeness (QED) is 0.809. The van der Waals surface area contributed by atoms with E-state index in [0.717, 1.165) is 0 Å². The zero-order valence-corrected chi connectivity index (χ0v) is 12.3. The number of halogens is 1. The lowest BCUT2D eigenvalue weighted by atomic mass is 10.0. The molecule has 0 aliphatic carbocycles. The first-order valence-electron chi connectivity index (χ1n) is 6.74. The second kappa shape index (κ2) is 7.61. The van der Waals surface area contributed by atoms with Crippen LogP contribution in [0, 0.1) is 11.7 Å². The lowest BCUT2D eigenvalue weighted by molar-refractivity contribution is -0.138. The van der Waals surface area contributed by atoms with Crippen LogP contribution in [0.5, 0.6) is 5.75 Å². The molecule has 0 aliphatic heterocycles. The minimum atomic E-state index is -0.979. The summed E-state index contributed by atoms with van der Waals surface area (Å²) in [6, 6.07) is 5.01. The molecule has 0 radical (unpaired) electrons. The number of amides is 1. The smallest absolute Gasteiger partial charge is 0.305 e. The summed E-state index contributed by atoms with van der Waals surface area (Å²) in [4.78, 5) is 22.8. The molecular formula is C15H20FNO4. The highest BCUT2D eigenvalue weighted by atomic mass is 19.1. The molecule has 0 aromatic heterocycles. The first-order chi connectivity index (χ1) is 9.79. The van der Waals surface area contributed by atoms with Gasteiger partial charge < -0.3 is 15.2 Å². The third kappa shape index (κ3) is 5.81. The van der Waals surface area contributed by atoms with Gasteiger partial charge in [0, 0.05) is 12.1 Å².